The summed E-state index contributed by atoms with van der Waals surface area (Å²) >= 11 is 0. The summed E-state index contributed by atoms with van der Waals surface area (Å²) in [4.78, 5) is 28.8. The van der Waals surface area contributed by atoms with Crippen LogP contribution in [0.4, 0.5) is 0 Å². The molecule has 1 spiro atoms. The summed E-state index contributed by atoms with van der Waals surface area (Å²) in [5.74, 6) is -0.164. The summed E-state index contributed by atoms with van der Waals surface area (Å²) in [7, 11) is 1.62. The summed E-state index contributed by atoms with van der Waals surface area (Å²) in [6, 6.07) is 6.95. The molecule has 3 rings (SSSR count). The van der Waals surface area contributed by atoms with Crippen LogP contribution in [0.1, 0.15) is 38.2 Å². The maximum atomic E-state index is 12.9. The lowest BCUT2D eigenvalue weighted by atomic mass is 9.76. The zero-order valence-electron chi connectivity index (χ0n) is 18.1. The van der Waals surface area contributed by atoms with Gasteiger partial charge in [-0.1, -0.05) is 12.1 Å². The van der Waals surface area contributed by atoms with E-state index in [0.717, 1.165) is 57.0 Å². The molecule has 0 saturated carbocycles. The monoisotopic (exact) mass is 418 g/mol. The van der Waals surface area contributed by atoms with Gasteiger partial charge in [-0.2, -0.15) is 0 Å². The van der Waals surface area contributed by atoms with Crippen LogP contribution in [0.15, 0.2) is 24.3 Å². The molecule has 1 aromatic rings. The number of carbonyl (C=O) groups is 2. The lowest BCUT2D eigenvalue weighted by molar-refractivity contribution is -0.148. The molecular formula is C23H34N2O5. The minimum Gasteiger partial charge on any atom is -0.497 e. The van der Waals surface area contributed by atoms with E-state index in [2.05, 4.69) is 4.90 Å². The Morgan fingerprint density at radius 2 is 1.90 bits per heavy atom. The fourth-order valence-electron chi connectivity index (χ4n) is 4.68. The first-order valence-corrected chi connectivity index (χ1v) is 10.9. The number of carboxylic acids is 1. The van der Waals surface area contributed by atoms with E-state index in [4.69, 9.17) is 9.47 Å². The molecule has 2 heterocycles. The van der Waals surface area contributed by atoms with Crippen molar-refractivity contribution in [3.05, 3.63) is 29.8 Å². The first-order valence-electron chi connectivity index (χ1n) is 10.9. The van der Waals surface area contributed by atoms with Crippen molar-refractivity contribution < 1.29 is 24.2 Å². The number of piperidine rings is 1. The fourth-order valence-corrected chi connectivity index (χ4v) is 4.68. The van der Waals surface area contributed by atoms with Gasteiger partial charge in [0.25, 0.3) is 0 Å². The predicted molar refractivity (Wildman–Crippen MR) is 114 cm³/mol. The fraction of sp³-hybridized carbons (Fsp3) is 0.652. The average molecular weight is 419 g/mol. The van der Waals surface area contributed by atoms with E-state index in [0.29, 0.717) is 25.8 Å². The number of methoxy groups -OCH3 is 1. The van der Waals surface area contributed by atoms with Crippen LogP contribution in [0.2, 0.25) is 0 Å². The number of hydrogen-bond donors (Lipinski definition) is 1. The van der Waals surface area contributed by atoms with Gasteiger partial charge >= 0.3 is 5.97 Å². The van der Waals surface area contributed by atoms with Gasteiger partial charge in [0.1, 0.15) is 11.8 Å². The summed E-state index contributed by atoms with van der Waals surface area (Å²) in [5.41, 5.74) is 0.980. The van der Waals surface area contributed by atoms with E-state index in [1.54, 1.807) is 12.0 Å². The van der Waals surface area contributed by atoms with E-state index in [1.807, 2.05) is 31.2 Å². The number of hydrogen-bond acceptors (Lipinski definition) is 5. The third-order valence-electron chi connectivity index (χ3n) is 6.57. The van der Waals surface area contributed by atoms with Crippen molar-refractivity contribution in [1.82, 2.24) is 9.80 Å². The largest absolute Gasteiger partial charge is 0.497 e. The van der Waals surface area contributed by atoms with Gasteiger partial charge in [0.2, 0.25) is 5.91 Å². The summed E-state index contributed by atoms with van der Waals surface area (Å²) < 4.78 is 10.6. The Morgan fingerprint density at radius 3 is 2.50 bits per heavy atom. The molecule has 7 nitrogen and oxygen atoms in total. The number of ether oxygens (including phenoxy) is 2. The van der Waals surface area contributed by atoms with Crippen LogP contribution in [-0.4, -0.2) is 79.3 Å². The van der Waals surface area contributed by atoms with Crippen molar-refractivity contribution in [1.29, 1.82) is 0 Å². The van der Waals surface area contributed by atoms with Crippen molar-refractivity contribution in [2.24, 2.45) is 5.41 Å². The summed E-state index contributed by atoms with van der Waals surface area (Å²) in [6.07, 6.45) is 3.36. The van der Waals surface area contributed by atoms with Gasteiger partial charge in [-0.15, -0.1) is 0 Å². The van der Waals surface area contributed by atoms with Crippen LogP contribution in [0.5, 0.6) is 5.75 Å². The van der Waals surface area contributed by atoms with E-state index in [-0.39, 0.29) is 11.3 Å². The van der Waals surface area contributed by atoms with Crippen LogP contribution in [0.3, 0.4) is 0 Å². The molecular weight excluding hydrogens is 384 g/mol. The highest BCUT2D eigenvalue weighted by Gasteiger charge is 2.49. The van der Waals surface area contributed by atoms with Crippen LogP contribution >= 0.6 is 0 Å². The number of likely N-dealkylation sites (tertiary alicyclic amines) is 2. The van der Waals surface area contributed by atoms with Gasteiger partial charge in [0.05, 0.1) is 13.7 Å². The number of aryl methyl sites for hydroxylation is 1. The zero-order chi connectivity index (χ0) is 21.6. The number of carboxylic acid groups (broad SMARTS) is 1. The van der Waals surface area contributed by atoms with Crippen molar-refractivity contribution in [2.75, 3.05) is 46.5 Å². The first kappa shape index (κ1) is 22.6. The second kappa shape index (κ2) is 10.3. The summed E-state index contributed by atoms with van der Waals surface area (Å²) in [6.45, 7) is 6.81. The normalized spacial score (nSPS) is 21.1. The van der Waals surface area contributed by atoms with Gasteiger partial charge in [0.15, 0.2) is 0 Å². The Balaban J connectivity index is 1.56. The quantitative estimate of drug-likeness (QED) is 0.621. The van der Waals surface area contributed by atoms with Gasteiger partial charge in [-0.3, -0.25) is 4.79 Å². The number of amides is 1. The first-order chi connectivity index (χ1) is 14.5. The third kappa shape index (κ3) is 5.52. The molecule has 1 aromatic carbocycles. The Labute approximate surface area is 178 Å². The molecule has 30 heavy (non-hydrogen) atoms. The molecule has 1 amide bonds. The molecule has 166 valence electrons. The molecule has 1 N–H and O–H groups in total. The highest BCUT2D eigenvalue weighted by molar-refractivity contribution is 5.84. The Hall–Kier alpha value is -2.12. The minimum atomic E-state index is -0.886. The molecule has 0 aliphatic carbocycles. The van der Waals surface area contributed by atoms with Gasteiger partial charge < -0.3 is 24.4 Å². The van der Waals surface area contributed by atoms with Crippen molar-refractivity contribution in [3.8, 4) is 5.75 Å². The molecule has 2 saturated heterocycles. The smallest absolute Gasteiger partial charge is 0.326 e. The SMILES string of the molecule is CCOCCN1CCC2(CC1)CC(C(=O)O)N(C(=O)CCc1ccc(OC)cc1)C2. The van der Waals surface area contributed by atoms with E-state index in [9.17, 15) is 14.7 Å². The molecule has 2 aliphatic rings. The zero-order valence-corrected chi connectivity index (χ0v) is 18.1. The second-order valence-corrected chi connectivity index (χ2v) is 8.47. The maximum absolute atomic E-state index is 12.9. The Morgan fingerprint density at radius 1 is 1.20 bits per heavy atom. The van der Waals surface area contributed by atoms with E-state index in [1.165, 1.54) is 0 Å². The van der Waals surface area contributed by atoms with Crippen LogP contribution < -0.4 is 4.74 Å². The standard InChI is InChI=1S/C23H34N2O5/c1-3-30-15-14-24-12-10-23(11-13-24)16-20(22(27)28)25(17-23)21(26)9-6-18-4-7-19(29-2)8-5-18/h4-5,7-8,20H,3,6,9-17H2,1-2H3,(H,27,28). The number of nitrogens with zero attached hydrogens (tertiary/aromatic N) is 2. The summed E-state index contributed by atoms with van der Waals surface area (Å²) in [5, 5.41) is 9.75. The van der Waals surface area contributed by atoms with Crippen LogP contribution in [-0.2, 0) is 20.7 Å². The molecule has 0 radical (unpaired) electrons. The average Bonchev–Trinajstić information content (AvgIpc) is 3.14. The molecule has 1 unspecified atom stereocenters. The highest BCUT2D eigenvalue weighted by Crippen LogP contribution is 2.43. The van der Waals surface area contributed by atoms with E-state index >= 15 is 0 Å². The van der Waals surface area contributed by atoms with Gasteiger partial charge in [-0.05, 0) is 68.8 Å². The Kier molecular flexibility index (Phi) is 7.72. The van der Waals surface area contributed by atoms with Crippen molar-refractivity contribution >= 4 is 11.9 Å². The second-order valence-electron chi connectivity index (χ2n) is 8.47. The Bertz CT molecular complexity index is 713. The lowest BCUT2D eigenvalue weighted by Crippen LogP contribution is -2.43. The molecule has 0 bridgehead atoms. The number of benzene rings is 1. The number of rotatable bonds is 9. The van der Waals surface area contributed by atoms with Crippen molar-refractivity contribution in [3.63, 3.8) is 0 Å². The van der Waals surface area contributed by atoms with E-state index < -0.39 is 12.0 Å². The highest BCUT2D eigenvalue weighted by atomic mass is 16.5. The van der Waals surface area contributed by atoms with Crippen molar-refractivity contribution in [2.45, 2.75) is 45.1 Å². The third-order valence-corrected chi connectivity index (χ3v) is 6.57. The molecule has 2 aliphatic heterocycles. The number of aliphatic carboxylic acids is 1. The molecule has 7 heteroatoms. The topological polar surface area (TPSA) is 79.3 Å². The molecule has 1 atom stereocenters. The lowest BCUT2D eigenvalue weighted by Gasteiger charge is -2.39. The molecule has 0 aromatic heterocycles. The van der Waals surface area contributed by atoms with Gasteiger partial charge in [-0.25, -0.2) is 4.79 Å². The van der Waals surface area contributed by atoms with Crippen LogP contribution in [0, 0.1) is 5.41 Å². The molecule has 2 fully saturated rings. The van der Waals surface area contributed by atoms with Gasteiger partial charge in [0, 0.05) is 26.1 Å². The maximum Gasteiger partial charge on any atom is 0.326 e. The number of carbonyl (C=O) groups excluding carboxylic acids is 1. The van der Waals surface area contributed by atoms with Crippen LogP contribution in [0.25, 0.3) is 0 Å². The minimum absolute atomic E-state index is 0.0612. The predicted octanol–water partition coefficient (Wildman–Crippen LogP) is 2.43.